The van der Waals surface area contributed by atoms with Crippen LogP contribution in [0.3, 0.4) is 0 Å². The van der Waals surface area contributed by atoms with Crippen LogP contribution in [0.5, 0.6) is 0 Å². The van der Waals surface area contributed by atoms with E-state index in [0.29, 0.717) is 25.4 Å². The molecule has 1 fully saturated rings. The topological polar surface area (TPSA) is 94.2 Å². The van der Waals surface area contributed by atoms with E-state index in [1.165, 1.54) is 0 Å². The van der Waals surface area contributed by atoms with Crippen LogP contribution in [-0.2, 0) is 11.3 Å². The Morgan fingerprint density at radius 3 is 3.24 bits per heavy atom. The van der Waals surface area contributed by atoms with Gasteiger partial charge in [-0.05, 0) is 6.42 Å². The molecule has 0 radical (unpaired) electrons. The summed E-state index contributed by atoms with van der Waals surface area (Å²) in [4.78, 5) is 11.5. The number of carbonyl (C=O) groups excluding carboxylic acids is 1. The predicted molar refractivity (Wildman–Crippen MR) is 62.4 cm³/mol. The Bertz CT molecular complexity index is 373. The third-order valence-corrected chi connectivity index (χ3v) is 2.54. The number of amides is 2. The number of hydrogen-bond donors (Lipinski definition) is 3. The lowest BCUT2D eigenvalue weighted by Crippen LogP contribution is -2.43. The standard InChI is InChI=1S/C10H17N5O2/c11-8-5-13-15(6-8)3-2-12-10(16)14-9-1-4-17-7-9/h5-6,9H,1-4,7,11H2,(H2,12,14,16). The smallest absolute Gasteiger partial charge is 0.315 e. The minimum atomic E-state index is -0.166. The second-order valence-electron chi connectivity index (χ2n) is 4.00. The number of urea groups is 1. The van der Waals surface area contributed by atoms with E-state index in [4.69, 9.17) is 10.5 Å². The first kappa shape index (κ1) is 11.7. The molecule has 1 aliphatic heterocycles. The van der Waals surface area contributed by atoms with Gasteiger partial charge in [-0.1, -0.05) is 0 Å². The molecule has 1 aromatic rings. The molecule has 0 aromatic carbocycles. The van der Waals surface area contributed by atoms with Crippen LogP contribution in [0.25, 0.3) is 0 Å². The number of nitrogens with one attached hydrogen (secondary N) is 2. The molecule has 2 heterocycles. The Morgan fingerprint density at radius 1 is 1.71 bits per heavy atom. The quantitative estimate of drug-likeness (QED) is 0.663. The van der Waals surface area contributed by atoms with Gasteiger partial charge < -0.3 is 21.1 Å². The number of aromatic nitrogens is 2. The molecule has 0 bridgehead atoms. The summed E-state index contributed by atoms with van der Waals surface area (Å²) in [5.41, 5.74) is 6.14. The minimum absolute atomic E-state index is 0.135. The third kappa shape index (κ3) is 3.63. The fourth-order valence-corrected chi connectivity index (χ4v) is 1.67. The van der Waals surface area contributed by atoms with Crippen LogP contribution in [0, 0.1) is 0 Å². The van der Waals surface area contributed by atoms with Gasteiger partial charge in [-0.25, -0.2) is 4.79 Å². The lowest BCUT2D eigenvalue weighted by molar-refractivity contribution is 0.188. The average Bonchev–Trinajstić information content (AvgIpc) is 2.90. The monoisotopic (exact) mass is 239 g/mol. The Kier molecular flexibility index (Phi) is 3.81. The van der Waals surface area contributed by atoms with Crippen LogP contribution in [0.15, 0.2) is 12.4 Å². The molecular weight excluding hydrogens is 222 g/mol. The molecule has 1 aromatic heterocycles. The van der Waals surface area contributed by atoms with Gasteiger partial charge in [-0.15, -0.1) is 0 Å². The number of nitrogen functional groups attached to an aromatic ring is 1. The van der Waals surface area contributed by atoms with E-state index < -0.39 is 0 Å². The predicted octanol–water partition coefficient (Wildman–Crippen LogP) is -0.447. The Balaban J connectivity index is 1.62. The molecule has 1 unspecified atom stereocenters. The van der Waals surface area contributed by atoms with Crippen LogP contribution < -0.4 is 16.4 Å². The second-order valence-corrected chi connectivity index (χ2v) is 4.00. The zero-order chi connectivity index (χ0) is 12.1. The van der Waals surface area contributed by atoms with E-state index in [1.54, 1.807) is 17.1 Å². The summed E-state index contributed by atoms with van der Waals surface area (Å²) >= 11 is 0. The fraction of sp³-hybridized carbons (Fsp3) is 0.600. The Labute approximate surface area is 99.3 Å². The third-order valence-electron chi connectivity index (χ3n) is 2.54. The lowest BCUT2D eigenvalue weighted by Gasteiger charge is -2.11. The Hall–Kier alpha value is -1.76. The number of anilines is 1. The van der Waals surface area contributed by atoms with Crippen LogP contribution in [-0.4, -0.2) is 41.6 Å². The highest BCUT2D eigenvalue weighted by Gasteiger charge is 2.17. The van der Waals surface area contributed by atoms with Crippen LogP contribution >= 0.6 is 0 Å². The molecule has 4 N–H and O–H groups in total. The van der Waals surface area contributed by atoms with E-state index in [2.05, 4.69) is 15.7 Å². The Morgan fingerprint density at radius 2 is 2.59 bits per heavy atom. The van der Waals surface area contributed by atoms with Crippen molar-refractivity contribution in [2.45, 2.75) is 19.0 Å². The van der Waals surface area contributed by atoms with E-state index in [9.17, 15) is 4.79 Å². The summed E-state index contributed by atoms with van der Waals surface area (Å²) in [6.07, 6.45) is 4.18. The van der Waals surface area contributed by atoms with Crippen molar-refractivity contribution in [3.63, 3.8) is 0 Å². The highest BCUT2D eigenvalue weighted by atomic mass is 16.5. The van der Waals surface area contributed by atoms with E-state index in [1.807, 2.05) is 0 Å². The van der Waals surface area contributed by atoms with Gasteiger partial charge in [0.05, 0.1) is 31.1 Å². The molecular formula is C10H17N5O2. The summed E-state index contributed by atoms with van der Waals surface area (Å²) in [6.45, 7) is 2.44. The van der Waals surface area contributed by atoms with Gasteiger partial charge in [0.2, 0.25) is 0 Å². The lowest BCUT2D eigenvalue weighted by atomic mass is 10.3. The first-order chi connectivity index (χ1) is 8.24. The van der Waals surface area contributed by atoms with Gasteiger partial charge in [0.15, 0.2) is 0 Å². The minimum Gasteiger partial charge on any atom is -0.396 e. The van der Waals surface area contributed by atoms with Gasteiger partial charge in [0.1, 0.15) is 0 Å². The molecule has 2 amide bonds. The van der Waals surface area contributed by atoms with Crippen molar-refractivity contribution in [1.29, 1.82) is 0 Å². The van der Waals surface area contributed by atoms with Gasteiger partial charge in [-0.3, -0.25) is 4.68 Å². The number of nitrogens with zero attached hydrogens (tertiary/aromatic N) is 2. The van der Waals surface area contributed by atoms with Crippen molar-refractivity contribution in [1.82, 2.24) is 20.4 Å². The number of nitrogens with two attached hydrogens (primary N) is 1. The zero-order valence-electron chi connectivity index (χ0n) is 9.56. The van der Waals surface area contributed by atoms with E-state index >= 15 is 0 Å². The molecule has 0 spiro atoms. The summed E-state index contributed by atoms with van der Waals surface area (Å²) < 4.78 is 6.85. The molecule has 94 valence electrons. The zero-order valence-corrected chi connectivity index (χ0v) is 9.56. The van der Waals surface area contributed by atoms with Gasteiger partial charge in [-0.2, -0.15) is 5.10 Å². The maximum Gasteiger partial charge on any atom is 0.315 e. The first-order valence-corrected chi connectivity index (χ1v) is 5.64. The maximum atomic E-state index is 11.5. The number of carbonyl (C=O) groups is 1. The van der Waals surface area contributed by atoms with Gasteiger partial charge in [0.25, 0.3) is 0 Å². The van der Waals surface area contributed by atoms with Crippen molar-refractivity contribution >= 4 is 11.7 Å². The number of ether oxygens (including phenoxy) is 1. The summed E-state index contributed by atoms with van der Waals surface area (Å²) in [5, 5.41) is 9.62. The largest absolute Gasteiger partial charge is 0.396 e. The molecule has 1 aliphatic rings. The highest BCUT2D eigenvalue weighted by Crippen LogP contribution is 2.02. The van der Waals surface area contributed by atoms with Crippen molar-refractivity contribution < 1.29 is 9.53 Å². The fourth-order valence-electron chi connectivity index (χ4n) is 1.67. The molecule has 17 heavy (non-hydrogen) atoms. The normalized spacial score (nSPS) is 19.2. The first-order valence-electron chi connectivity index (χ1n) is 5.64. The van der Waals surface area contributed by atoms with Crippen molar-refractivity contribution in [3.05, 3.63) is 12.4 Å². The van der Waals surface area contributed by atoms with Gasteiger partial charge in [0, 0.05) is 19.3 Å². The molecule has 7 heteroatoms. The van der Waals surface area contributed by atoms with Crippen molar-refractivity contribution in [3.8, 4) is 0 Å². The van der Waals surface area contributed by atoms with E-state index in [-0.39, 0.29) is 12.1 Å². The number of hydrogen-bond acceptors (Lipinski definition) is 4. The number of rotatable bonds is 4. The summed E-state index contributed by atoms with van der Waals surface area (Å²) in [5.74, 6) is 0. The van der Waals surface area contributed by atoms with Crippen LogP contribution in [0.2, 0.25) is 0 Å². The maximum absolute atomic E-state index is 11.5. The molecule has 0 aliphatic carbocycles. The van der Waals surface area contributed by atoms with Crippen LogP contribution in [0.4, 0.5) is 10.5 Å². The molecule has 0 saturated carbocycles. The van der Waals surface area contributed by atoms with Gasteiger partial charge >= 0.3 is 6.03 Å². The molecule has 1 atom stereocenters. The van der Waals surface area contributed by atoms with Crippen molar-refractivity contribution in [2.24, 2.45) is 0 Å². The highest BCUT2D eigenvalue weighted by molar-refractivity contribution is 5.74. The molecule has 2 rings (SSSR count). The molecule has 7 nitrogen and oxygen atoms in total. The second kappa shape index (κ2) is 5.53. The average molecular weight is 239 g/mol. The SMILES string of the molecule is Nc1cnn(CCNC(=O)NC2CCOC2)c1. The van der Waals surface area contributed by atoms with Crippen molar-refractivity contribution in [2.75, 3.05) is 25.5 Å². The molecule has 1 saturated heterocycles. The summed E-state index contributed by atoms with van der Waals surface area (Å²) in [7, 11) is 0. The van der Waals surface area contributed by atoms with Crippen LogP contribution in [0.1, 0.15) is 6.42 Å². The van der Waals surface area contributed by atoms with E-state index in [0.717, 1.165) is 13.0 Å². The summed E-state index contributed by atoms with van der Waals surface area (Å²) in [6, 6.07) is -0.0315.